The summed E-state index contributed by atoms with van der Waals surface area (Å²) in [4.78, 5) is 13.1. The first kappa shape index (κ1) is 14.9. The summed E-state index contributed by atoms with van der Waals surface area (Å²) in [6.07, 6.45) is 1.13. The Labute approximate surface area is 121 Å². The summed E-state index contributed by atoms with van der Waals surface area (Å²) in [5.41, 5.74) is 0.0936. The van der Waals surface area contributed by atoms with E-state index in [1.807, 2.05) is 0 Å². The molecule has 112 valence electrons. The van der Waals surface area contributed by atoms with Crippen molar-refractivity contribution >= 4 is 21.7 Å². The molecule has 0 aliphatic carbocycles. The van der Waals surface area contributed by atoms with Gasteiger partial charge in [0.2, 0.25) is 0 Å². The Morgan fingerprint density at radius 2 is 2.05 bits per heavy atom. The average Bonchev–Trinajstić information content (AvgIpc) is 2.89. The number of benzene rings is 1. The second kappa shape index (κ2) is 5.49. The number of hydrogen-bond donors (Lipinski definition) is 3. The van der Waals surface area contributed by atoms with Crippen molar-refractivity contribution in [3.8, 4) is 5.75 Å². The number of hydrogen-bond acceptors (Lipinski definition) is 4. The van der Waals surface area contributed by atoms with Crippen LogP contribution in [-0.2, 0) is 10.0 Å². The molecule has 2 aromatic rings. The highest BCUT2D eigenvalue weighted by Crippen LogP contribution is 2.26. The van der Waals surface area contributed by atoms with Crippen LogP contribution in [0.15, 0.2) is 41.4 Å². The Morgan fingerprint density at radius 3 is 2.57 bits per heavy atom. The molecule has 0 saturated heterocycles. The van der Waals surface area contributed by atoms with Gasteiger partial charge < -0.3 is 15.2 Å². The summed E-state index contributed by atoms with van der Waals surface area (Å²) < 4.78 is 26.2. The second-order valence-corrected chi connectivity index (χ2v) is 6.11. The second-order valence-electron chi connectivity index (χ2n) is 4.24. The molecule has 8 heteroatoms. The van der Waals surface area contributed by atoms with Gasteiger partial charge in [0.05, 0.1) is 5.69 Å². The van der Waals surface area contributed by atoms with Gasteiger partial charge in [-0.15, -0.1) is 0 Å². The van der Waals surface area contributed by atoms with E-state index >= 15 is 0 Å². The molecule has 1 aromatic heterocycles. The van der Waals surface area contributed by atoms with E-state index in [1.54, 1.807) is 13.0 Å². The van der Waals surface area contributed by atoms with Crippen LogP contribution in [-0.4, -0.2) is 36.1 Å². The lowest BCUT2D eigenvalue weighted by atomic mass is 10.3. The van der Waals surface area contributed by atoms with Crippen molar-refractivity contribution in [3.05, 3.63) is 42.2 Å². The Balaban J connectivity index is 2.46. The van der Waals surface area contributed by atoms with E-state index in [9.17, 15) is 18.3 Å². The van der Waals surface area contributed by atoms with Crippen LogP contribution >= 0.6 is 0 Å². The van der Waals surface area contributed by atoms with E-state index in [-0.39, 0.29) is 22.9 Å². The molecule has 3 N–H and O–H groups in total. The molecule has 0 aliphatic heterocycles. The third-order valence-electron chi connectivity index (χ3n) is 2.88. The van der Waals surface area contributed by atoms with Crippen molar-refractivity contribution in [3.63, 3.8) is 0 Å². The molecule has 0 fully saturated rings. The van der Waals surface area contributed by atoms with Gasteiger partial charge in [0.15, 0.2) is 0 Å². The van der Waals surface area contributed by atoms with Gasteiger partial charge in [-0.1, -0.05) is 6.07 Å². The number of phenolic OH excluding ortho intramolecular Hbond substituents is 1. The van der Waals surface area contributed by atoms with Crippen LogP contribution in [0.4, 0.5) is 5.69 Å². The van der Waals surface area contributed by atoms with Gasteiger partial charge in [-0.25, -0.2) is 13.2 Å². The third-order valence-corrected chi connectivity index (χ3v) is 4.76. The van der Waals surface area contributed by atoms with E-state index in [1.165, 1.54) is 18.2 Å². The molecule has 21 heavy (non-hydrogen) atoms. The zero-order chi connectivity index (χ0) is 15.6. The lowest BCUT2D eigenvalue weighted by Crippen LogP contribution is -2.30. The van der Waals surface area contributed by atoms with E-state index in [0.717, 1.165) is 16.6 Å². The largest absolute Gasteiger partial charge is 0.508 e. The molecular weight excluding hydrogens is 296 g/mol. The van der Waals surface area contributed by atoms with Gasteiger partial charge in [0.25, 0.3) is 10.0 Å². The van der Waals surface area contributed by atoms with E-state index in [4.69, 9.17) is 5.11 Å². The van der Waals surface area contributed by atoms with Gasteiger partial charge in [-0.2, -0.15) is 0 Å². The van der Waals surface area contributed by atoms with Crippen molar-refractivity contribution < 1.29 is 23.4 Å². The van der Waals surface area contributed by atoms with Crippen LogP contribution in [0, 0.1) is 0 Å². The van der Waals surface area contributed by atoms with Crippen molar-refractivity contribution in [1.29, 1.82) is 0 Å². The first-order valence-corrected chi connectivity index (χ1v) is 7.53. The Morgan fingerprint density at radius 1 is 1.33 bits per heavy atom. The first-order chi connectivity index (χ1) is 9.86. The number of aromatic amines is 1. The summed E-state index contributed by atoms with van der Waals surface area (Å²) in [6, 6.07) is 6.89. The standard InChI is InChI=1S/C13H14N2O5S/c1-2-15(9-4-3-5-10(16)6-9)21(19,20)11-7-12(13(17)18)14-8-11/h3-8,14,16H,2H2,1H3,(H,17,18). The molecule has 0 atom stereocenters. The Kier molecular flexibility index (Phi) is 3.90. The van der Waals surface area contributed by atoms with Crippen molar-refractivity contribution in [2.24, 2.45) is 0 Å². The number of aromatic carboxylic acids is 1. The maximum Gasteiger partial charge on any atom is 0.352 e. The molecule has 2 rings (SSSR count). The highest BCUT2D eigenvalue weighted by atomic mass is 32.2. The summed E-state index contributed by atoms with van der Waals surface area (Å²) in [6.45, 7) is 1.78. The van der Waals surface area contributed by atoms with Crippen molar-refractivity contribution in [2.75, 3.05) is 10.8 Å². The van der Waals surface area contributed by atoms with E-state index < -0.39 is 16.0 Å². The fraction of sp³-hybridized carbons (Fsp3) is 0.154. The summed E-state index contributed by atoms with van der Waals surface area (Å²) in [5, 5.41) is 18.3. The molecule has 0 amide bonds. The number of carbonyl (C=O) groups is 1. The number of carboxylic acids is 1. The van der Waals surface area contributed by atoms with Gasteiger partial charge >= 0.3 is 5.97 Å². The number of anilines is 1. The fourth-order valence-corrected chi connectivity index (χ4v) is 3.37. The first-order valence-electron chi connectivity index (χ1n) is 6.09. The van der Waals surface area contributed by atoms with Crippen molar-refractivity contribution in [2.45, 2.75) is 11.8 Å². The molecular formula is C13H14N2O5S. The molecule has 0 bridgehead atoms. The number of H-pyrrole nitrogens is 1. The minimum absolute atomic E-state index is 0.0542. The van der Waals surface area contributed by atoms with Gasteiger partial charge in [-0.3, -0.25) is 4.31 Å². The summed E-state index contributed by atoms with van der Waals surface area (Å²) >= 11 is 0. The number of carboxylic acid groups (broad SMARTS) is 1. The monoisotopic (exact) mass is 310 g/mol. The summed E-state index contributed by atoms with van der Waals surface area (Å²) in [5.74, 6) is -1.29. The van der Waals surface area contributed by atoms with Crippen molar-refractivity contribution in [1.82, 2.24) is 4.98 Å². The third kappa shape index (κ3) is 2.84. The lowest BCUT2D eigenvalue weighted by molar-refractivity contribution is 0.0691. The minimum atomic E-state index is -3.91. The highest BCUT2D eigenvalue weighted by molar-refractivity contribution is 7.92. The number of phenols is 1. The number of nitrogens with one attached hydrogen (secondary N) is 1. The molecule has 0 aliphatic rings. The number of aromatic hydroxyl groups is 1. The maximum atomic E-state index is 12.5. The summed E-state index contributed by atoms with van der Waals surface area (Å²) in [7, 11) is -3.91. The fourth-order valence-electron chi connectivity index (χ4n) is 1.91. The smallest absolute Gasteiger partial charge is 0.352 e. The van der Waals surface area contributed by atoms with Gasteiger partial charge in [0.1, 0.15) is 16.3 Å². The average molecular weight is 310 g/mol. The molecule has 0 saturated carbocycles. The number of rotatable bonds is 5. The Hall–Kier alpha value is -2.48. The lowest BCUT2D eigenvalue weighted by Gasteiger charge is -2.22. The maximum absolute atomic E-state index is 12.5. The molecule has 0 unspecified atom stereocenters. The number of sulfonamides is 1. The van der Waals surface area contributed by atoms with Crippen LogP contribution in [0.2, 0.25) is 0 Å². The topological polar surface area (TPSA) is 111 Å². The molecule has 0 radical (unpaired) electrons. The predicted molar refractivity (Wildman–Crippen MR) is 76.1 cm³/mol. The van der Waals surface area contributed by atoms with Crippen LogP contribution in [0.25, 0.3) is 0 Å². The highest BCUT2D eigenvalue weighted by Gasteiger charge is 2.25. The van der Waals surface area contributed by atoms with E-state index in [0.29, 0.717) is 5.69 Å². The van der Waals surface area contributed by atoms with Crippen LogP contribution in [0.5, 0.6) is 5.75 Å². The normalized spacial score (nSPS) is 11.3. The van der Waals surface area contributed by atoms with E-state index in [2.05, 4.69) is 4.98 Å². The van der Waals surface area contributed by atoms with Crippen LogP contribution in [0.1, 0.15) is 17.4 Å². The molecule has 1 heterocycles. The zero-order valence-corrected chi connectivity index (χ0v) is 12.0. The quantitative estimate of drug-likeness (QED) is 0.777. The molecule has 7 nitrogen and oxygen atoms in total. The molecule has 0 spiro atoms. The van der Waals surface area contributed by atoms with Crippen LogP contribution < -0.4 is 4.31 Å². The minimum Gasteiger partial charge on any atom is -0.508 e. The molecule has 1 aromatic carbocycles. The van der Waals surface area contributed by atoms with Gasteiger partial charge in [0, 0.05) is 18.8 Å². The SMILES string of the molecule is CCN(c1cccc(O)c1)S(=O)(=O)c1c[nH]c(C(=O)O)c1. The van der Waals surface area contributed by atoms with Crippen LogP contribution in [0.3, 0.4) is 0 Å². The zero-order valence-electron chi connectivity index (χ0n) is 11.1. The number of aromatic nitrogens is 1. The van der Waals surface area contributed by atoms with Gasteiger partial charge in [-0.05, 0) is 25.1 Å². The predicted octanol–water partition coefficient (Wildman–Crippen LogP) is 1.63. The Bertz CT molecular complexity index is 766. The number of nitrogens with zero attached hydrogens (tertiary/aromatic N) is 1.